The Kier molecular flexibility index (Phi) is 5.63. The van der Waals surface area contributed by atoms with E-state index >= 15 is 0 Å². The maximum absolute atomic E-state index is 12.3. The molecule has 0 aliphatic carbocycles. The molecule has 2 aromatic carbocycles. The van der Waals surface area contributed by atoms with Crippen LogP contribution in [0.2, 0.25) is 0 Å². The molecule has 0 bridgehead atoms. The molecular weight excluding hydrogens is 286 g/mol. The van der Waals surface area contributed by atoms with Gasteiger partial charge in [-0.25, -0.2) is 4.79 Å². The summed E-state index contributed by atoms with van der Waals surface area (Å²) in [6.07, 6.45) is 0. The summed E-state index contributed by atoms with van der Waals surface area (Å²) in [5.74, 6) is 0. The number of amides is 2. The summed E-state index contributed by atoms with van der Waals surface area (Å²) in [6.45, 7) is 2.55. The lowest BCUT2D eigenvalue weighted by atomic mass is 10.1. The highest BCUT2D eigenvalue weighted by Gasteiger charge is 2.16. The van der Waals surface area contributed by atoms with Gasteiger partial charge in [0.25, 0.3) is 0 Å². The van der Waals surface area contributed by atoms with Crippen LogP contribution in [0.5, 0.6) is 0 Å². The lowest BCUT2D eigenvalue weighted by Crippen LogP contribution is -2.38. The van der Waals surface area contributed by atoms with Crippen molar-refractivity contribution in [1.29, 1.82) is 0 Å². The molecule has 0 spiro atoms. The quantitative estimate of drug-likeness (QED) is 0.915. The van der Waals surface area contributed by atoms with Gasteiger partial charge >= 0.3 is 6.03 Å². The number of anilines is 1. The van der Waals surface area contributed by atoms with Gasteiger partial charge in [0.2, 0.25) is 0 Å². The fourth-order valence-corrected chi connectivity index (χ4v) is 2.35. The van der Waals surface area contributed by atoms with E-state index in [0.29, 0.717) is 6.54 Å². The summed E-state index contributed by atoms with van der Waals surface area (Å²) in [6, 6.07) is 18.2. The first-order valence-corrected chi connectivity index (χ1v) is 7.81. The zero-order chi connectivity index (χ0) is 16.8. The van der Waals surface area contributed by atoms with Crippen LogP contribution in [-0.4, -0.2) is 32.1 Å². The molecule has 2 aromatic rings. The number of benzene rings is 2. The summed E-state index contributed by atoms with van der Waals surface area (Å²) in [5, 5.41) is 2.97. The molecule has 0 heterocycles. The highest BCUT2D eigenvalue weighted by molar-refractivity contribution is 5.74. The van der Waals surface area contributed by atoms with Gasteiger partial charge in [-0.15, -0.1) is 0 Å². The van der Waals surface area contributed by atoms with Gasteiger partial charge in [-0.2, -0.15) is 0 Å². The van der Waals surface area contributed by atoms with Gasteiger partial charge in [0, 0.05) is 33.4 Å². The molecule has 0 radical (unpaired) electrons. The zero-order valence-corrected chi connectivity index (χ0v) is 14.3. The highest BCUT2D eigenvalue weighted by Crippen LogP contribution is 2.18. The van der Waals surface area contributed by atoms with Crippen molar-refractivity contribution in [2.75, 3.05) is 26.0 Å². The van der Waals surface area contributed by atoms with Crippen molar-refractivity contribution in [3.8, 4) is 0 Å². The Hall–Kier alpha value is -2.49. The first-order valence-electron chi connectivity index (χ1n) is 7.81. The van der Waals surface area contributed by atoms with Gasteiger partial charge in [-0.1, -0.05) is 42.5 Å². The van der Waals surface area contributed by atoms with Crippen molar-refractivity contribution in [3.05, 3.63) is 65.7 Å². The van der Waals surface area contributed by atoms with Crippen LogP contribution in [0.1, 0.15) is 24.1 Å². The maximum Gasteiger partial charge on any atom is 0.317 e. The number of rotatable bonds is 5. The maximum atomic E-state index is 12.3. The van der Waals surface area contributed by atoms with Gasteiger partial charge in [0.1, 0.15) is 0 Å². The normalized spacial score (nSPS) is 11.7. The van der Waals surface area contributed by atoms with E-state index in [2.05, 4.69) is 22.3 Å². The van der Waals surface area contributed by atoms with Gasteiger partial charge in [-0.3, -0.25) is 0 Å². The first kappa shape index (κ1) is 16.9. The number of carbonyl (C=O) groups excluding carboxylic acids is 1. The summed E-state index contributed by atoms with van der Waals surface area (Å²) < 4.78 is 0. The molecule has 122 valence electrons. The Morgan fingerprint density at radius 1 is 1.00 bits per heavy atom. The summed E-state index contributed by atoms with van der Waals surface area (Å²) in [7, 11) is 5.84. The Balaban J connectivity index is 1.91. The molecule has 0 unspecified atom stereocenters. The minimum Gasteiger partial charge on any atom is -0.378 e. The Bertz CT molecular complexity index is 623. The van der Waals surface area contributed by atoms with E-state index in [9.17, 15) is 4.79 Å². The average Bonchev–Trinajstić information content (AvgIpc) is 2.59. The summed E-state index contributed by atoms with van der Waals surface area (Å²) in [4.78, 5) is 16.1. The predicted octanol–water partition coefficient (Wildman–Crippen LogP) is 3.66. The minimum absolute atomic E-state index is 0.0346. The molecule has 0 aromatic heterocycles. The minimum atomic E-state index is -0.0713. The van der Waals surface area contributed by atoms with Crippen molar-refractivity contribution in [2.24, 2.45) is 0 Å². The standard InChI is InChI=1S/C19H25N3O/c1-15(17-8-6-5-7-9-17)22(4)19(23)20-14-16-10-12-18(13-11-16)21(2)3/h5-13,15H,14H2,1-4H3,(H,20,23)/t15-/m1/s1. The highest BCUT2D eigenvalue weighted by atomic mass is 16.2. The van der Waals surface area contributed by atoms with E-state index in [1.165, 1.54) is 0 Å². The number of nitrogens with zero attached hydrogens (tertiary/aromatic N) is 2. The van der Waals surface area contributed by atoms with E-state index in [0.717, 1.165) is 16.8 Å². The predicted molar refractivity (Wildman–Crippen MR) is 95.6 cm³/mol. The smallest absolute Gasteiger partial charge is 0.317 e. The van der Waals surface area contributed by atoms with Gasteiger partial charge in [0.15, 0.2) is 0 Å². The fraction of sp³-hybridized carbons (Fsp3) is 0.316. The first-order chi connectivity index (χ1) is 11.0. The second-order valence-electron chi connectivity index (χ2n) is 5.92. The molecule has 4 heteroatoms. The summed E-state index contributed by atoms with van der Waals surface area (Å²) in [5.41, 5.74) is 3.36. The van der Waals surface area contributed by atoms with E-state index in [4.69, 9.17) is 0 Å². The molecule has 2 rings (SSSR count). The number of hydrogen-bond donors (Lipinski definition) is 1. The Morgan fingerprint density at radius 3 is 2.17 bits per heavy atom. The van der Waals surface area contributed by atoms with Crippen LogP contribution in [0.3, 0.4) is 0 Å². The molecule has 2 amide bonds. The van der Waals surface area contributed by atoms with E-state index in [-0.39, 0.29) is 12.1 Å². The van der Waals surface area contributed by atoms with Gasteiger partial charge in [0.05, 0.1) is 6.04 Å². The van der Waals surface area contributed by atoms with Crippen LogP contribution in [-0.2, 0) is 6.54 Å². The molecule has 4 nitrogen and oxygen atoms in total. The monoisotopic (exact) mass is 311 g/mol. The summed E-state index contributed by atoms with van der Waals surface area (Å²) >= 11 is 0. The SMILES string of the molecule is C[C@H](c1ccccc1)N(C)C(=O)NCc1ccc(N(C)C)cc1. The van der Waals surface area contributed by atoms with Crippen LogP contribution >= 0.6 is 0 Å². The molecule has 1 N–H and O–H groups in total. The number of urea groups is 1. The average molecular weight is 311 g/mol. The third-order valence-electron chi connectivity index (χ3n) is 4.08. The largest absolute Gasteiger partial charge is 0.378 e. The molecule has 23 heavy (non-hydrogen) atoms. The molecular formula is C19H25N3O. The molecule has 0 aliphatic rings. The lowest BCUT2D eigenvalue weighted by molar-refractivity contribution is 0.194. The molecule has 0 aliphatic heterocycles. The number of carbonyl (C=O) groups is 1. The van der Waals surface area contributed by atoms with E-state index in [1.807, 2.05) is 70.5 Å². The van der Waals surface area contributed by atoms with Crippen molar-refractivity contribution in [3.63, 3.8) is 0 Å². The van der Waals surface area contributed by atoms with Crippen LogP contribution in [0, 0.1) is 0 Å². The third-order valence-corrected chi connectivity index (χ3v) is 4.08. The number of nitrogens with one attached hydrogen (secondary N) is 1. The van der Waals surface area contributed by atoms with Crippen LogP contribution in [0.25, 0.3) is 0 Å². The van der Waals surface area contributed by atoms with E-state index in [1.54, 1.807) is 4.90 Å². The van der Waals surface area contributed by atoms with Crippen LogP contribution in [0.15, 0.2) is 54.6 Å². The molecule has 0 saturated heterocycles. The zero-order valence-electron chi connectivity index (χ0n) is 14.3. The number of hydrogen-bond acceptors (Lipinski definition) is 2. The van der Waals surface area contributed by atoms with Crippen molar-refractivity contribution < 1.29 is 4.79 Å². The van der Waals surface area contributed by atoms with E-state index < -0.39 is 0 Å². The fourth-order valence-electron chi connectivity index (χ4n) is 2.35. The van der Waals surface area contributed by atoms with Gasteiger partial charge < -0.3 is 15.1 Å². The van der Waals surface area contributed by atoms with Crippen molar-refractivity contribution in [2.45, 2.75) is 19.5 Å². The molecule has 1 atom stereocenters. The Labute approximate surface area is 138 Å². The molecule has 0 saturated carbocycles. The lowest BCUT2D eigenvalue weighted by Gasteiger charge is -2.25. The van der Waals surface area contributed by atoms with Gasteiger partial charge in [-0.05, 0) is 30.2 Å². The van der Waals surface area contributed by atoms with Crippen molar-refractivity contribution in [1.82, 2.24) is 10.2 Å². The second-order valence-corrected chi connectivity index (χ2v) is 5.92. The second kappa shape index (κ2) is 7.68. The third kappa shape index (κ3) is 4.49. The van der Waals surface area contributed by atoms with Crippen molar-refractivity contribution >= 4 is 11.7 Å². The molecule has 0 fully saturated rings. The van der Waals surface area contributed by atoms with Crippen LogP contribution < -0.4 is 10.2 Å². The van der Waals surface area contributed by atoms with Crippen LogP contribution in [0.4, 0.5) is 10.5 Å². The topological polar surface area (TPSA) is 35.6 Å². The Morgan fingerprint density at radius 2 is 1.61 bits per heavy atom.